The van der Waals surface area contributed by atoms with Crippen molar-refractivity contribution < 1.29 is 0 Å². The second-order valence-electron chi connectivity index (χ2n) is 4.70. The molecule has 0 aliphatic rings. The third-order valence-electron chi connectivity index (χ3n) is 3.34. The fourth-order valence-corrected chi connectivity index (χ4v) is 3.30. The number of hydrogen-bond donors (Lipinski definition) is 1. The zero-order valence-corrected chi connectivity index (χ0v) is 13.7. The summed E-state index contributed by atoms with van der Waals surface area (Å²) in [6.45, 7) is 2.82. The van der Waals surface area contributed by atoms with Gasteiger partial charge in [0.1, 0.15) is 11.0 Å². The summed E-state index contributed by atoms with van der Waals surface area (Å²) >= 11 is 13.5. The summed E-state index contributed by atoms with van der Waals surface area (Å²) in [4.78, 5) is 0. The molecule has 21 heavy (non-hydrogen) atoms. The molecule has 0 aliphatic heterocycles. The summed E-state index contributed by atoms with van der Waals surface area (Å²) in [7, 11) is 0. The Hall–Kier alpha value is -1.36. The number of nitrogens with one attached hydrogen (secondary N) is 1. The largest absolute Gasteiger partial charge is 0.378 e. The molecule has 0 unspecified atom stereocenters. The number of aryl methyl sites for hydroxylation is 1. The van der Waals surface area contributed by atoms with E-state index in [2.05, 4.69) is 45.3 Å². The number of benzene rings is 2. The van der Waals surface area contributed by atoms with Gasteiger partial charge >= 0.3 is 0 Å². The molecule has 6 heteroatoms. The van der Waals surface area contributed by atoms with Crippen LogP contribution in [-0.4, -0.2) is 8.75 Å². The molecule has 3 rings (SSSR count). The van der Waals surface area contributed by atoms with Crippen molar-refractivity contribution in [1.82, 2.24) is 8.75 Å². The van der Waals surface area contributed by atoms with Gasteiger partial charge in [-0.2, -0.15) is 8.75 Å². The van der Waals surface area contributed by atoms with E-state index < -0.39 is 0 Å². The number of nitrogens with zero attached hydrogens (tertiary/aromatic N) is 2. The van der Waals surface area contributed by atoms with Crippen molar-refractivity contribution in [2.24, 2.45) is 0 Å². The summed E-state index contributed by atoms with van der Waals surface area (Å²) in [6.07, 6.45) is 1.04. The van der Waals surface area contributed by atoms with E-state index in [1.54, 1.807) is 6.07 Å². The van der Waals surface area contributed by atoms with Gasteiger partial charge in [0.25, 0.3) is 0 Å². The fourth-order valence-electron chi connectivity index (χ4n) is 2.13. The van der Waals surface area contributed by atoms with Gasteiger partial charge in [0.15, 0.2) is 0 Å². The van der Waals surface area contributed by atoms with Crippen LogP contribution < -0.4 is 5.32 Å². The Morgan fingerprint density at radius 1 is 1.00 bits per heavy atom. The van der Waals surface area contributed by atoms with Gasteiger partial charge in [-0.25, -0.2) is 0 Å². The average Bonchev–Trinajstić information content (AvgIpc) is 2.97. The minimum absolute atomic E-state index is 0.529. The standard InChI is InChI=1S/C15H13Cl2N3S/c1-2-9-3-5-10(6-4-9)8-18-13-11(16)7-12(17)14-15(13)20-21-19-14/h3-7,18H,2,8H2,1H3. The predicted molar refractivity (Wildman–Crippen MR) is 90.6 cm³/mol. The Morgan fingerprint density at radius 2 is 1.67 bits per heavy atom. The van der Waals surface area contributed by atoms with Crippen molar-refractivity contribution in [2.75, 3.05) is 5.32 Å². The number of anilines is 1. The highest BCUT2D eigenvalue weighted by Crippen LogP contribution is 2.35. The predicted octanol–water partition coefficient (Wildman–Crippen LogP) is 5.17. The highest BCUT2D eigenvalue weighted by molar-refractivity contribution is 7.00. The lowest BCUT2D eigenvalue weighted by Crippen LogP contribution is -2.01. The third-order valence-corrected chi connectivity index (χ3v) is 4.46. The summed E-state index contributed by atoms with van der Waals surface area (Å²) in [6, 6.07) is 10.2. The minimum Gasteiger partial charge on any atom is -0.378 e. The van der Waals surface area contributed by atoms with E-state index in [9.17, 15) is 0 Å². The van der Waals surface area contributed by atoms with Gasteiger partial charge in [0.2, 0.25) is 0 Å². The van der Waals surface area contributed by atoms with E-state index in [-0.39, 0.29) is 0 Å². The number of fused-ring (bicyclic) bond motifs is 1. The lowest BCUT2D eigenvalue weighted by atomic mass is 10.1. The molecule has 0 aliphatic carbocycles. The second kappa shape index (κ2) is 6.18. The quantitative estimate of drug-likeness (QED) is 0.713. The van der Waals surface area contributed by atoms with Crippen LogP contribution in [0.1, 0.15) is 18.1 Å². The summed E-state index contributed by atoms with van der Waals surface area (Å²) < 4.78 is 8.48. The Balaban J connectivity index is 1.86. The monoisotopic (exact) mass is 337 g/mol. The number of hydrogen-bond acceptors (Lipinski definition) is 4. The lowest BCUT2D eigenvalue weighted by Gasteiger charge is -2.10. The molecule has 108 valence electrons. The zero-order chi connectivity index (χ0) is 14.8. The molecule has 0 fully saturated rings. The van der Waals surface area contributed by atoms with Crippen LogP contribution in [0.2, 0.25) is 10.0 Å². The molecular weight excluding hydrogens is 325 g/mol. The van der Waals surface area contributed by atoms with E-state index in [4.69, 9.17) is 23.2 Å². The molecule has 0 amide bonds. The van der Waals surface area contributed by atoms with E-state index in [1.807, 2.05) is 0 Å². The van der Waals surface area contributed by atoms with Crippen LogP contribution >= 0.6 is 34.9 Å². The lowest BCUT2D eigenvalue weighted by molar-refractivity contribution is 1.11. The molecule has 1 N–H and O–H groups in total. The van der Waals surface area contributed by atoms with Gasteiger partial charge in [-0.15, -0.1) is 0 Å². The number of rotatable bonds is 4. The Morgan fingerprint density at radius 3 is 2.38 bits per heavy atom. The first kappa shape index (κ1) is 14.6. The molecule has 0 radical (unpaired) electrons. The van der Waals surface area contributed by atoms with Crippen LogP contribution in [0.25, 0.3) is 11.0 Å². The second-order valence-corrected chi connectivity index (χ2v) is 6.04. The topological polar surface area (TPSA) is 37.8 Å². The number of halogens is 2. The zero-order valence-electron chi connectivity index (χ0n) is 11.4. The highest BCUT2D eigenvalue weighted by Gasteiger charge is 2.13. The van der Waals surface area contributed by atoms with Gasteiger partial charge < -0.3 is 5.32 Å². The first-order valence-electron chi connectivity index (χ1n) is 6.61. The molecule has 1 heterocycles. The van der Waals surface area contributed by atoms with Crippen molar-refractivity contribution in [3.05, 3.63) is 51.5 Å². The van der Waals surface area contributed by atoms with E-state index in [0.29, 0.717) is 22.1 Å². The summed E-state index contributed by atoms with van der Waals surface area (Å²) in [5.74, 6) is 0. The maximum absolute atomic E-state index is 6.27. The summed E-state index contributed by atoms with van der Waals surface area (Å²) in [5.41, 5.74) is 4.71. The molecule has 0 saturated carbocycles. The minimum atomic E-state index is 0.529. The molecule has 2 aromatic carbocycles. The molecule has 0 spiro atoms. The Bertz CT molecular complexity index is 768. The smallest absolute Gasteiger partial charge is 0.130 e. The fraction of sp³-hybridized carbons (Fsp3) is 0.200. The van der Waals surface area contributed by atoms with Crippen LogP contribution in [-0.2, 0) is 13.0 Å². The van der Waals surface area contributed by atoms with Crippen LogP contribution in [0, 0.1) is 0 Å². The number of aromatic nitrogens is 2. The molecule has 0 saturated heterocycles. The van der Waals surface area contributed by atoms with Crippen LogP contribution in [0.4, 0.5) is 5.69 Å². The molecule has 0 bridgehead atoms. The first-order valence-corrected chi connectivity index (χ1v) is 8.09. The van der Waals surface area contributed by atoms with Crippen molar-refractivity contribution >= 4 is 51.7 Å². The maximum atomic E-state index is 6.27. The van der Waals surface area contributed by atoms with Gasteiger partial charge in [-0.3, -0.25) is 0 Å². The van der Waals surface area contributed by atoms with Crippen molar-refractivity contribution in [2.45, 2.75) is 19.9 Å². The van der Waals surface area contributed by atoms with Gasteiger partial charge in [-0.1, -0.05) is 54.4 Å². The molecule has 0 atom stereocenters. The van der Waals surface area contributed by atoms with Crippen molar-refractivity contribution in [3.8, 4) is 0 Å². The molecule has 1 aromatic heterocycles. The van der Waals surface area contributed by atoms with E-state index in [0.717, 1.165) is 29.4 Å². The van der Waals surface area contributed by atoms with Crippen molar-refractivity contribution in [1.29, 1.82) is 0 Å². The highest BCUT2D eigenvalue weighted by atomic mass is 35.5. The average molecular weight is 338 g/mol. The van der Waals surface area contributed by atoms with Gasteiger partial charge in [-0.05, 0) is 23.6 Å². The van der Waals surface area contributed by atoms with E-state index >= 15 is 0 Å². The third kappa shape index (κ3) is 2.98. The van der Waals surface area contributed by atoms with Crippen LogP contribution in [0.15, 0.2) is 30.3 Å². The van der Waals surface area contributed by atoms with Crippen molar-refractivity contribution in [3.63, 3.8) is 0 Å². The van der Waals surface area contributed by atoms with Crippen LogP contribution in [0.3, 0.4) is 0 Å². The maximum Gasteiger partial charge on any atom is 0.130 e. The molecule has 3 nitrogen and oxygen atoms in total. The Labute approximate surface area is 137 Å². The van der Waals surface area contributed by atoms with Crippen LogP contribution in [0.5, 0.6) is 0 Å². The molecule has 3 aromatic rings. The van der Waals surface area contributed by atoms with E-state index in [1.165, 1.54) is 11.1 Å². The SMILES string of the molecule is CCc1ccc(CNc2c(Cl)cc(Cl)c3nsnc23)cc1. The summed E-state index contributed by atoms with van der Waals surface area (Å²) in [5, 5.41) is 4.43. The molecular formula is C15H13Cl2N3S. The normalized spacial score (nSPS) is 11.0. The first-order chi connectivity index (χ1) is 10.2. The van der Waals surface area contributed by atoms with Gasteiger partial charge in [0.05, 0.1) is 27.5 Å². The Kier molecular flexibility index (Phi) is 4.29. The van der Waals surface area contributed by atoms with Gasteiger partial charge in [0, 0.05) is 6.54 Å².